The monoisotopic (exact) mass is 407 g/mol. The van der Waals surface area contributed by atoms with Gasteiger partial charge in [-0.25, -0.2) is 9.18 Å². The fraction of sp³-hybridized carbons (Fsp3) is 0.0909. The van der Waals surface area contributed by atoms with Gasteiger partial charge in [-0.1, -0.05) is 30.3 Å². The third-order valence-corrected chi connectivity index (χ3v) is 5.49. The molecule has 3 aromatic carbocycles. The minimum Gasteiger partial charge on any atom is -0.308 e. The van der Waals surface area contributed by atoms with Gasteiger partial charge < -0.3 is 15.5 Å². The number of anilines is 3. The van der Waals surface area contributed by atoms with Crippen LogP contribution in [0.5, 0.6) is 0 Å². The molecular formula is C22H18FN3O2S. The molecule has 146 valence electrons. The van der Waals surface area contributed by atoms with E-state index in [1.54, 1.807) is 17.0 Å². The molecule has 0 saturated heterocycles. The molecule has 3 amide bonds. The third kappa shape index (κ3) is 4.57. The van der Waals surface area contributed by atoms with E-state index >= 15 is 0 Å². The highest BCUT2D eigenvalue weighted by Gasteiger charge is 2.25. The van der Waals surface area contributed by atoms with Crippen LogP contribution >= 0.6 is 11.8 Å². The average Bonchev–Trinajstić information content (AvgIpc) is 2.73. The summed E-state index contributed by atoms with van der Waals surface area (Å²) in [5.41, 5.74) is 2.86. The quantitative estimate of drug-likeness (QED) is 0.632. The number of carbonyl (C=O) groups is 2. The second-order valence-electron chi connectivity index (χ2n) is 6.52. The predicted octanol–water partition coefficient (Wildman–Crippen LogP) is 5.11. The summed E-state index contributed by atoms with van der Waals surface area (Å²) in [5, 5.41) is 5.42. The van der Waals surface area contributed by atoms with Crippen molar-refractivity contribution in [2.75, 3.05) is 21.3 Å². The molecule has 0 saturated carbocycles. The minimum absolute atomic E-state index is 0.0271. The molecule has 0 radical (unpaired) electrons. The number of thioether (sulfide) groups is 1. The summed E-state index contributed by atoms with van der Waals surface area (Å²) in [4.78, 5) is 27.5. The Bertz CT molecular complexity index is 1040. The first-order chi connectivity index (χ1) is 14.1. The average molecular weight is 407 g/mol. The lowest BCUT2D eigenvalue weighted by Gasteiger charge is -2.29. The minimum atomic E-state index is -0.444. The Labute approximate surface area is 171 Å². The molecule has 0 aliphatic carbocycles. The van der Waals surface area contributed by atoms with E-state index in [0.717, 1.165) is 16.1 Å². The fourth-order valence-corrected chi connectivity index (χ4v) is 3.96. The van der Waals surface area contributed by atoms with Crippen molar-refractivity contribution in [1.82, 2.24) is 0 Å². The number of fused-ring (bicyclic) bond motifs is 1. The van der Waals surface area contributed by atoms with Crippen molar-refractivity contribution in [3.63, 3.8) is 0 Å². The van der Waals surface area contributed by atoms with Gasteiger partial charge in [-0.3, -0.25) is 4.79 Å². The summed E-state index contributed by atoms with van der Waals surface area (Å²) in [6, 6.07) is 20.4. The lowest BCUT2D eigenvalue weighted by molar-refractivity contribution is -0.116. The van der Waals surface area contributed by atoms with Crippen LogP contribution in [0.4, 0.5) is 26.2 Å². The molecular weight excluding hydrogens is 389 g/mol. The summed E-state index contributed by atoms with van der Waals surface area (Å²) in [6.07, 6.45) is 0. The van der Waals surface area contributed by atoms with Crippen molar-refractivity contribution in [2.45, 2.75) is 11.4 Å². The Hall–Kier alpha value is -3.32. The number of benzene rings is 3. The van der Waals surface area contributed by atoms with E-state index in [1.165, 1.54) is 36.0 Å². The Morgan fingerprint density at radius 1 is 0.966 bits per heavy atom. The molecule has 1 aliphatic heterocycles. The number of hydrogen-bond acceptors (Lipinski definition) is 3. The van der Waals surface area contributed by atoms with E-state index < -0.39 is 6.03 Å². The lowest BCUT2D eigenvalue weighted by Crippen LogP contribution is -2.34. The van der Waals surface area contributed by atoms with Gasteiger partial charge in [-0.15, -0.1) is 11.8 Å². The Kier molecular flexibility index (Phi) is 5.48. The Balaban J connectivity index is 1.52. The zero-order valence-corrected chi connectivity index (χ0v) is 16.2. The van der Waals surface area contributed by atoms with Gasteiger partial charge in [-0.05, 0) is 48.0 Å². The van der Waals surface area contributed by atoms with Crippen LogP contribution in [-0.4, -0.2) is 17.7 Å². The summed E-state index contributed by atoms with van der Waals surface area (Å²) >= 11 is 1.49. The van der Waals surface area contributed by atoms with Crippen molar-refractivity contribution in [3.05, 3.63) is 84.2 Å². The molecule has 0 bridgehead atoms. The van der Waals surface area contributed by atoms with Gasteiger partial charge in [0.1, 0.15) is 5.82 Å². The summed E-state index contributed by atoms with van der Waals surface area (Å²) < 4.78 is 13.0. The molecule has 29 heavy (non-hydrogen) atoms. The highest BCUT2D eigenvalue weighted by molar-refractivity contribution is 8.00. The van der Waals surface area contributed by atoms with Crippen LogP contribution in [0.25, 0.3) is 0 Å². The molecule has 0 atom stereocenters. The highest BCUT2D eigenvalue weighted by Crippen LogP contribution is 2.38. The lowest BCUT2D eigenvalue weighted by atomic mass is 10.2. The Morgan fingerprint density at radius 2 is 1.66 bits per heavy atom. The van der Waals surface area contributed by atoms with Crippen molar-refractivity contribution in [2.24, 2.45) is 0 Å². The van der Waals surface area contributed by atoms with E-state index in [4.69, 9.17) is 0 Å². The number of nitrogens with one attached hydrogen (secondary N) is 2. The topological polar surface area (TPSA) is 61.4 Å². The molecule has 0 spiro atoms. The largest absolute Gasteiger partial charge is 0.323 e. The Morgan fingerprint density at radius 3 is 2.41 bits per heavy atom. The number of carbonyl (C=O) groups excluding carboxylic acids is 2. The number of amides is 3. The molecule has 2 N–H and O–H groups in total. The van der Waals surface area contributed by atoms with Crippen molar-refractivity contribution in [3.8, 4) is 0 Å². The summed E-state index contributed by atoms with van der Waals surface area (Å²) in [7, 11) is 0. The molecule has 3 aromatic rings. The smallest absolute Gasteiger partial charge is 0.308 e. The number of hydrogen-bond donors (Lipinski definition) is 2. The summed E-state index contributed by atoms with van der Waals surface area (Å²) in [5.74, 6) is 0.0445. The molecule has 7 heteroatoms. The molecule has 0 fully saturated rings. The van der Waals surface area contributed by atoms with E-state index in [-0.39, 0.29) is 11.7 Å². The molecule has 5 nitrogen and oxygen atoms in total. The molecule has 0 aromatic heterocycles. The summed E-state index contributed by atoms with van der Waals surface area (Å²) in [6.45, 7) is 0.471. The van der Waals surface area contributed by atoms with Crippen molar-refractivity contribution in [1.29, 1.82) is 0 Å². The van der Waals surface area contributed by atoms with Gasteiger partial charge in [0.15, 0.2) is 0 Å². The molecule has 0 unspecified atom stereocenters. The third-order valence-electron chi connectivity index (χ3n) is 4.45. The first-order valence-electron chi connectivity index (χ1n) is 9.03. The zero-order valence-electron chi connectivity index (χ0n) is 15.4. The van der Waals surface area contributed by atoms with Crippen LogP contribution in [0.15, 0.2) is 77.7 Å². The number of urea groups is 1. The van der Waals surface area contributed by atoms with E-state index in [0.29, 0.717) is 23.7 Å². The van der Waals surface area contributed by atoms with Gasteiger partial charge in [0, 0.05) is 16.3 Å². The normalized spacial score (nSPS) is 13.0. The SMILES string of the molecule is O=C(Nc1ccc(F)cc1)Nc1ccc2c(c1)N(Cc1ccccc1)C(=O)CS2. The molecule has 4 rings (SSSR count). The van der Waals surface area contributed by atoms with E-state index in [9.17, 15) is 14.0 Å². The van der Waals surface area contributed by atoms with Crippen molar-refractivity contribution < 1.29 is 14.0 Å². The predicted molar refractivity (Wildman–Crippen MR) is 114 cm³/mol. The maximum absolute atomic E-state index is 13.0. The van der Waals surface area contributed by atoms with Crippen LogP contribution in [0.3, 0.4) is 0 Å². The van der Waals surface area contributed by atoms with Gasteiger partial charge in [0.05, 0.1) is 18.0 Å². The van der Waals surface area contributed by atoms with E-state index in [1.807, 2.05) is 36.4 Å². The van der Waals surface area contributed by atoms with Crippen molar-refractivity contribution >= 4 is 40.8 Å². The molecule has 1 heterocycles. The number of rotatable bonds is 4. The zero-order chi connectivity index (χ0) is 20.2. The first-order valence-corrected chi connectivity index (χ1v) is 10.0. The van der Waals surface area contributed by atoms with Gasteiger partial charge in [0.2, 0.25) is 5.91 Å². The second-order valence-corrected chi connectivity index (χ2v) is 7.54. The number of nitrogens with zero attached hydrogens (tertiary/aromatic N) is 1. The molecule has 1 aliphatic rings. The number of halogens is 1. The van der Waals surface area contributed by atoms with E-state index in [2.05, 4.69) is 10.6 Å². The first kappa shape index (κ1) is 19.0. The van der Waals surface area contributed by atoms with Crippen LogP contribution in [0.2, 0.25) is 0 Å². The van der Waals surface area contributed by atoms with Gasteiger partial charge in [-0.2, -0.15) is 0 Å². The second kappa shape index (κ2) is 8.36. The maximum Gasteiger partial charge on any atom is 0.323 e. The standard InChI is InChI=1S/C22H18FN3O2S/c23-16-6-8-17(9-7-16)24-22(28)25-18-10-11-20-19(12-18)26(21(27)14-29-20)13-15-4-2-1-3-5-15/h1-12H,13-14H2,(H2,24,25,28). The van der Waals surface area contributed by atoms with Gasteiger partial charge >= 0.3 is 6.03 Å². The fourth-order valence-electron chi connectivity index (χ4n) is 3.05. The van der Waals surface area contributed by atoms with Crippen LogP contribution < -0.4 is 15.5 Å². The van der Waals surface area contributed by atoms with Crippen LogP contribution in [0, 0.1) is 5.82 Å². The van der Waals surface area contributed by atoms with Gasteiger partial charge in [0.25, 0.3) is 0 Å². The van der Waals surface area contributed by atoms with Crippen LogP contribution in [0.1, 0.15) is 5.56 Å². The van der Waals surface area contributed by atoms with Crippen LogP contribution in [-0.2, 0) is 11.3 Å². The highest BCUT2D eigenvalue weighted by atomic mass is 32.2. The maximum atomic E-state index is 13.0.